The highest BCUT2D eigenvalue weighted by atomic mass is 16.7. The minimum absolute atomic E-state index is 0.226. The molecule has 1 N–H and O–H groups in total. The summed E-state index contributed by atoms with van der Waals surface area (Å²) in [6, 6.07) is 6.11. The van der Waals surface area contributed by atoms with Crippen molar-refractivity contribution in [2.75, 3.05) is 6.79 Å². The molecular formula is C14H18N2O3. The van der Waals surface area contributed by atoms with E-state index in [2.05, 4.69) is 25.2 Å². The predicted molar refractivity (Wildman–Crippen MR) is 70.2 cm³/mol. The van der Waals surface area contributed by atoms with Crippen molar-refractivity contribution in [2.45, 2.75) is 39.5 Å². The van der Waals surface area contributed by atoms with E-state index in [0.717, 1.165) is 11.3 Å². The van der Waals surface area contributed by atoms with Gasteiger partial charge in [0.25, 0.3) is 0 Å². The van der Waals surface area contributed by atoms with Gasteiger partial charge in [-0.3, -0.25) is 0 Å². The normalized spacial score (nSPS) is 14.3. The Kier molecular flexibility index (Phi) is 4.13. The molecule has 2 rings (SSSR count). The summed E-state index contributed by atoms with van der Waals surface area (Å²) in [5.74, 6) is 2.04. The topological polar surface area (TPSA) is 63.5 Å². The summed E-state index contributed by atoms with van der Waals surface area (Å²) < 4.78 is 16.3. The molecule has 19 heavy (non-hydrogen) atoms. The van der Waals surface area contributed by atoms with Crippen LogP contribution in [0.3, 0.4) is 0 Å². The number of hydrogen-bond donors (Lipinski definition) is 1. The first-order chi connectivity index (χ1) is 9.10. The molecule has 5 nitrogen and oxygen atoms in total. The average Bonchev–Trinajstić information content (AvgIpc) is 2.82. The van der Waals surface area contributed by atoms with Gasteiger partial charge in [-0.1, -0.05) is 13.8 Å². The number of fused-ring (bicyclic) bond motifs is 1. The van der Waals surface area contributed by atoms with E-state index in [1.165, 1.54) is 0 Å². The number of ether oxygens (including phenoxy) is 3. The number of rotatable bonds is 5. The van der Waals surface area contributed by atoms with Crippen molar-refractivity contribution in [1.29, 1.82) is 5.26 Å². The van der Waals surface area contributed by atoms with Gasteiger partial charge in [0.2, 0.25) is 6.79 Å². The molecule has 0 aromatic heterocycles. The van der Waals surface area contributed by atoms with Gasteiger partial charge in [-0.15, -0.1) is 0 Å². The van der Waals surface area contributed by atoms with E-state index >= 15 is 0 Å². The molecule has 0 saturated heterocycles. The monoisotopic (exact) mass is 262 g/mol. The van der Waals surface area contributed by atoms with Gasteiger partial charge in [0.05, 0.1) is 0 Å². The van der Waals surface area contributed by atoms with Crippen LogP contribution in [0.25, 0.3) is 0 Å². The van der Waals surface area contributed by atoms with E-state index in [0.29, 0.717) is 24.1 Å². The van der Waals surface area contributed by atoms with E-state index in [4.69, 9.17) is 19.5 Å². The van der Waals surface area contributed by atoms with Crippen LogP contribution in [-0.4, -0.2) is 18.9 Å². The SMILES string of the molecule is CC(C)NCc1cc2c(cc1OC(C)C#N)OCO2. The second-order valence-electron chi connectivity index (χ2n) is 4.74. The Labute approximate surface area is 113 Å². The Morgan fingerprint density at radius 1 is 1.32 bits per heavy atom. The first kappa shape index (κ1) is 13.5. The third-order valence-corrected chi connectivity index (χ3v) is 2.74. The maximum Gasteiger partial charge on any atom is 0.231 e. The summed E-state index contributed by atoms with van der Waals surface area (Å²) in [7, 11) is 0. The minimum atomic E-state index is -0.502. The van der Waals surface area contributed by atoms with Crippen LogP contribution in [0.1, 0.15) is 26.3 Å². The number of benzene rings is 1. The van der Waals surface area contributed by atoms with Crippen molar-refractivity contribution in [3.63, 3.8) is 0 Å². The Morgan fingerprint density at radius 2 is 2.00 bits per heavy atom. The van der Waals surface area contributed by atoms with Crippen molar-refractivity contribution in [3.05, 3.63) is 17.7 Å². The Balaban J connectivity index is 2.24. The first-order valence-electron chi connectivity index (χ1n) is 6.32. The molecule has 0 spiro atoms. The van der Waals surface area contributed by atoms with Gasteiger partial charge in [0.15, 0.2) is 17.6 Å². The quantitative estimate of drug-likeness (QED) is 0.881. The van der Waals surface area contributed by atoms with Crippen molar-refractivity contribution in [1.82, 2.24) is 5.32 Å². The summed E-state index contributed by atoms with van der Waals surface area (Å²) in [6.07, 6.45) is -0.502. The summed E-state index contributed by atoms with van der Waals surface area (Å²) in [5, 5.41) is 12.2. The van der Waals surface area contributed by atoms with Crippen molar-refractivity contribution < 1.29 is 14.2 Å². The molecule has 0 saturated carbocycles. The Morgan fingerprint density at radius 3 is 2.63 bits per heavy atom. The molecule has 1 atom stereocenters. The third kappa shape index (κ3) is 3.30. The molecule has 1 unspecified atom stereocenters. The number of nitriles is 1. The maximum absolute atomic E-state index is 8.85. The zero-order valence-electron chi connectivity index (χ0n) is 11.4. The lowest BCUT2D eigenvalue weighted by atomic mass is 10.1. The van der Waals surface area contributed by atoms with E-state index < -0.39 is 6.10 Å². The molecule has 1 aliphatic rings. The highest BCUT2D eigenvalue weighted by Gasteiger charge is 2.19. The molecule has 0 amide bonds. The van der Waals surface area contributed by atoms with Crippen LogP contribution >= 0.6 is 0 Å². The van der Waals surface area contributed by atoms with Crippen LogP contribution in [0.4, 0.5) is 0 Å². The summed E-state index contributed by atoms with van der Waals surface area (Å²) in [6.45, 7) is 6.74. The smallest absolute Gasteiger partial charge is 0.231 e. The maximum atomic E-state index is 8.85. The van der Waals surface area contributed by atoms with Crippen LogP contribution in [0.15, 0.2) is 12.1 Å². The number of nitrogens with one attached hydrogen (secondary N) is 1. The minimum Gasteiger partial charge on any atom is -0.475 e. The fourth-order valence-corrected chi connectivity index (χ4v) is 1.74. The van der Waals surface area contributed by atoms with Crippen LogP contribution < -0.4 is 19.5 Å². The molecule has 5 heteroatoms. The molecule has 1 aliphatic heterocycles. The summed E-state index contributed by atoms with van der Waals surface area (Å²) in [4.78, 5) is 0. The molecule has 1 heterocycles. The lowest BCUT2D eigenvalue weighted by Crippen LogP contribution is -2.22. The van der Waals surface area contributed by atoms with Crippen LogP contribution in [0, 0.1) is 11.3 Å². The van der Waals surface area contributed by atoms with Gasteiger partial charge < -0.3 is 19.5 Å². The highest BCUT2D eigenvalue weighted by molar-refractivity contribution is 5.52. The van der Waals surface area contributed by atoms with E-state index in [-0.39, 0.29) is 6.79 Å². The standard InChI is InChI=1S/C14H18N2O3/c1-9(2)16-7-11-4-13-14(18-8-17-13)5-12(11)19-10(3)6-15/h4-5,9-10,16H,7-8H2,1-3H3. The molecule has 1 aromatic carbocycles. The lowest BCUT2D eigenvalue weighted by molar-refractivity contribution is 0.173. The Bertz CT molecular complexity index is 494. The fourth-order valence-electron chi connectivity index (χ4n) is 1.74. The lowest BCUT2D eigenvalue weighted by Gasteiger charge is -2.15. The number of nitrogens with zero attached hydrogens (tertiary/aromatic N) is 1. The molecular weight excluding hydrogens is 244 g/mol. The first-order valence-corrected chi connectivity index (χ1v) is 6.32. The van der Waals surface area contributed by atoms with Crippen LogP contribution in [0.2, 0.25) is 0 Å². The largest absolute Gasteiger partial charge is 0.475 e. The summed E-state index contributed by atoms with van der Waals surface area (Å²) in [5.41, 5.74) is 0.958. The molecule has 0 radical (unpaired) electrons. The summed E-state index contributed by atoms with van der Waals surface area (Å²) >= 11 is 0. The van der Waals surface area contributed by atoms with Gasteiger partial charge in [-0.25, -0.2) is 0 Å². The van der Waals surface area contributed by atoms with E-state index in [1.54, 1.807) is 13.0 Å². The third-order valence-electron chi connectivity index (χ3n) is 2.74. The van der Waals surface area contributed by atoms with Gasteiger partial charge in [-0.2, -0.15) is 5.26 Å². The van der Waals surface area contributed by atoms with Crippen molar-refractivity contribution >= 4 is 0 Å². The molecule has 0 bridgehead atoms. The van der Waals surface area contributed by atoms with Crippen molar-refractivity contribution in [3.8, 4) is 23.3 Å². The van der Waals surface area contributed by atoms with Gasteiger partial charge >= 0.3 is 0 Å². The van der Waals surface area contributed by atoms with Gasteiger partial charge in [0.1, 0.15) is 11.8 Å². The molecule has 1 aromatic rings. The fraction of sp³-hybridized carbons (Fsp3) is 0.500. The van der Waals surface area contributed by atoms with Crippen LogP contribution in [-0.2, 0) is 6.54 Å². The van der Waals surface area contributed by atoms with E-state index in [9.17, 15) is 0 Å². The van der Waals surface area contributed by atoms with Gasteiger partial charge in [-0.05, 0) is 13.0 Å². The second kappa shape index (κ2) is 5.81. The molecule has 102 valence electrons. The molecule has 0 fully saturated rings. The van der Waals surface area contributed by atoms with Crippen molar-refractivity contribution in [2.24, 2.45) is 0 Å². The zero-order valence-corrected chi connectivity index (χ0v) is 11.4. The highest BCUT2D eigenvalue weighted by Crippen LogP contribution is 2.38. The Hall–Kier alpha value is -1.93. The second-order valence-corrected chi connectivity index (χ2v) is 4.74. The number of hydrogen-bond acceptors (Lipinski definition) is 5. The van der Waals surface area contributed by atoms with Crippen LogP contribution in [0.5, 0.6) is 17.2 Å². The average molecular weight is 262 g/mol. The molecule has 0 aliphatic carbocycles. The van der Waals surface area contributed by atoms with Gasteiger partial charge in [0, 0.05) is 24.2 Å². The predicted octanol–water partition coefficient (Wildman–Crippen LogP) is 2.20. The zero-order chi connectivity index (χ0) is 13.8. The van der Waals surface area contributed by atoms with E-state index in [1.807, 2.05) is 6.07 Å².